The van der Waals surface area contributed by atoms with Gasteiger partial charge in [-0.15, -0.1) is 0 Å². The standard InChI is InChI=1S/C26H23ClN2O2/c1-17-7-9-20(10-8-17)16-31-25-12-11-23(27)14-21(25)13-22(15-28)26(30)29-24-6-4-5-18(2)19(24)3/h4-14H,16H2,1-3H3,(H,29,30)/b22-13+. The van der Waals surface area contributed by atoms with Gasteiger partial charge in [0, 0.05) is 16.3 Å². The highest BCUT2D eigenvalue weighted by Gasteiger charge is 2.13. The van der Waals surface area contributed by atoms with E-state index in [0.717, 1.165) is 16.7 Å². The molecule has 1 N–H and O–H groups in total. The van der Waals surface area contributed by atoms with Crippen molar-refractivity contribution in [1.29, 1.82) is 5.26 Å². The van der Waals surface area contributed by atoms with Gasteiger partial charge in [0.15, 0.2) is 0 Å². The molecule has 3 aromatic rings. The van der Waals surface area contributed by atoms with Gasteiger partial charge in [0.1, 0.15) is 24.0 Å². The number of nitrogens with one attached hydrogen (secondary N) is 1. The Morgan fingerprint density at radius 3 is 2.55 bits per heavy atom. The molecule has 0 radical (unpaired) electrons. The fraction of sp³-hybridized carbons (Fsp3) is 0.154. The Balaban J connectivity index is 1.84. The van der Waals surface area contributed by atoms with E-state index >= 15 is 0 Å². The van der Waals surface area contributed by atoms with Crippen molar-refractivity contribution in [3.63, 3.8) is 0 Å². The lowest BCUT2D eigenvalue weighted by Gasteiger charge is -2.12. The normalized spacial score (nSPS) is 11.0. The number of amides is 1. The molecule has 0 aliphatic heterocycles. The van der Waals surface area contributed by atoms with Gasteiger partial charge in [0.25, 0.3) is 5.91 Å². The lowest BCUT2D eigenvalue weighted by molar-refractivity contribution is -0.112. The first kappa shape index (κ1) is 22.1. The molecule has 0 aromatic heterocycles. The molecule has 31 heavy (non-hydrogen) atoms. The summed E-state index contributed by atoms with van der Waals surface area (Å²) in [4.78, 5) is 12.7. The molecule has 3 aromatic carbocycles. The number of benzene rings is 3. The number of anilines is 1. The molecule has 0 fully saturated rings. The summed E-state index contributed by atoms with van der Waals surface area (Å²) >= 11 is 6.16. The van der Waals surface area contributed by atoms with Crippen molar-refractivity contribution in [2.75, 3.05) is 5.32 Å². The van der Waals surface area contributed by atoms with Crippen LogP contribution >= 0.6 is 11.6 Å². The average molecular weight is 431 g/mol. The topological polar surface area (TPSA) is 62.1 Å². The van der Waals surface area contributed by atoms with Crippen molar-refractivity contribution >= 4 is 29.3 Å². The van der Waals surface area contributed by atoms with Crippen LogP contribution in [0, 0.1) is 32.1 Å². The molecule has 3 rings (SSSR count). The summed E-state index contributed by atoms with van der Waals surface area (Å²) in [6.45, 7) is 6.28. The number of carbonyl (C=O) groups excluding carboxylic acids is 1. The van der Waals surface area contributed by atoms with Gasteiger partial charge in [-0.3, -0.25) is 4.79 Å². The minimum Gasteiger partial charge on any atom is -0.488 e. The molecular formula is C26H23ClN2O2. The van der Waals surface area contributed by atoms with Crippen molar-refractivity contribution in [2.45, 2.75) is 27.4 Å². The molecule has 1 amide bonds. The lowest BCUT2D eigenvalue weighted by Crippen LogP contribution is -2.14. The lowest BCUT2D eigenvalue weighted by atomic mass is 10.1. The van der Waals surface area contributed by atoms with Crippen molar-refractivity contribution in [3.8, 4) is 11.8 Å². The van der Waals surface area contributed by atoms with Crippen molar-refractivity contribution < 1.29 is 9.53 Å². The number of hydrogen-bond donors (Lipinski definition) is 1. The molecule has 0 heterocycles. The van der Waals surface area contributed by atoms with Crippen LogP contribution in [0.4, 0.5) is 5.69 Å². The molecule has 0 saturated heterocycles. The SMILES string of the molecule is Cc1ccc(COc2ccc(Cl)cc2/C=C(\C#N)C(=O)Nc2cccc(C)c2C)cc1. The average Bonchev–Trinajstić information content (AvgIpc) is 2.75. The third kappa shape index (κ3) is 5.75. The third-order valence-corrected chi connectivity index (χ3v) is 5.24. The zero-order valence-corrected chi connectivity index (χ0v) is 18.5. The summed E-state index contributed by atoms with van der Waals surface area (Å²) in [5.74, 6) is 0.0536. The first-order valence-electron chi connectivity index (χ1n) is 9.84. The highest BCUT2D eigenvalue weighted by atomic mass is 35.5. The van der Waals surface area contributed by atoms with Crippen molar-refractivity contribution in [3.05, 3.63) is 99.1 Å². The number of hydrogen-bond acceptors (Lipinski definition) is 3. The zero-order valence-electron chi connectivity index (χ0n) is 17.7. The Hall–Kier alpha value is -3.55. The number of aryl methyl sites for hydroxylation is 2. The fourth-order valence-corrected chi connectivity index (χ4v) is 3.17. The van der Waals surface area contributed by atoms with Gasteiger partial charge in [-0.1, -0.05) is 53.6 Å². The minimum atomic E-state index is -0.485. The van der Waals surface area contributed by atoms with Gasteiger partial charge in [-0.2, -0.15) is 5.26 Å². The second-order valence-corrected chi connectivity index (χ2v) is 7.76. The summed E-state index contributed by atoms with van der Waals surface area (Å²) in [7, 11) is 0. The molecule has 4 nitrogen and oxygen atoms in total. The van der Waals surface area contributed by atoms with E-state index in [2.05, 4.69) is 5.32 Å². The summed E-state index contributed by atoms with van der Waals surface area (Å²) in [5.41, 5.74) is 5.40. The van der Waals surface area contributed by atoms with Gasteiger partial charge in [0.05, 0.1) is 0 Å². The molecule has 0 spiro atoms. The maximum absolute atomic E-state index is 12.7. The van der Waals surface area contributed by atoms with E-state index in [9.17, 15) is 10.1 Å². The van der Waals surface area contributed by atoms with Gasteiger partial charge in [-0.05, 0) is 67.8 Å². The quantitative estimate of drug-likeness (QED) is 0.364. The highest BCUT2D eigenvalue weighted by Crippen LogP contribution is 2.27. The van der Waals surface area contributed by atoms with Crippen LogP contribution in [0.25, 0.3) is 6.08 Å². The first-order valence-corrected chi connectivity index (χ1v) is 10.2. The number of ether oxygens (including phenoxy) is 1. The monoisotopic (exact) mass is 430 g/mol. The predicted octanol–water partition coefficient (Wildman–Crippen LogP) is 6.39. The molecule has 0 unspecified atom stereocenters. The molecule has 0 aliphatic rings. The molecule has 0 bridgehead atoms. The van der Waals surface area contributed by atoms with E-state index in [0.29, 0.717) is 28.6 Å². The molecule has 0 saturated carbocycles. The van der Waals surface area contributed by atoms with Gasteiger partial charge in [0.2, 0.25) is 0 Å². The van der Waals surface area contributed by atoms with E-state index < -0.39 is 5.91 Å². The van der Waals surface area contributed by atoms with Crippen molar-refractivity contribution in [1.82, 2.24) is 0 Å². The third-order valence-electron chi connectivity index (χ3n) is 5.00. The number of halogens is 1. The van der Waals surface area contributed by atoms with E-state index in [4.69, 9.17) is 16.3 Å². The Morgan fingerprint density at radius 2 is 1.84 bits per heavy atom. The molecule has 0 atom stereocenters. The van der Waals surface area contributed by atoms with E-state index in [1.54, 1.807) is 18.2 Å². The Bertz CT molecular complexity index is 1180. The molecule has 156 valence electrons. The van der Waals surface area contributed by atoms with Crippen molar-refractivity contribution in [2.24, 2.45) is 0 Å². The van der Waals surface area contributed by atoms with Crippen LogP contribution in [0.2, 0.25) is 5.02 Å². The second kappa shape index (κ2) is 9.97. The predicted molar refractivity (Wildman–Crippen MR) is 125 cm³/mol. The summed E-state index contributed by atoms with van der Waals surface area (Å²) in [5, 5.41) is 12.9. The van der Waals surface area contributed by atoms with Crippen LogP contribution < -0.4 is 10.1 Å². The van der Waals surface area contributed by atoms with Gasteiger partial charge < -0.3 is 10.1 Å². The number of nitriles is 1. The van der Waals surface area contributed by atoms with Crippen LogP contribution in [0.5, 0.6) is 5.75 Å². The molecule has 5 heteroatoms. The smallest absolute Gasteiger partial charge is 0.266 e. The zero-order chi connectivity index (χ0) is 22.4. The summed E-state index contributed by atoms with van der Waals surface area (Å²) in [6, 6.07) is 20.8. The van der Waals surface area contributed by atoms with Crippen LogP contribution in [-0.2, 0) is 11.4 Å². The van der Waals surface area contributed by atoms with E-state index in [1.165, 1.54) is 11.6 Å². The van der Waals surface area contributed by atoms with Gasteiger partial charge >= 0.3 is 0 Å². The maximum Gasteiger partial charge on any atom is 0.266 e. The number of nitrogens with zero attached hydrogens (tertiary/aromatic N) is 1. The Labute approximate surface area is 187 Å². The second-order valence-electron chi connectivity index (χ2n) is 7.33. The summed E-state index contributed by atoms with van der Waals surface area (Å²) < 4.78 is 5.95. The Kier molecular flexibility index (Phi) is 7.12. The molecular weight excluding hydrogens is 408 g/mol. The highest BCUT2D eigenvalue weighted by molar-refractivity contribution is 6.30. The summed E-state index contributed by atoms with van der Waals surface area (Å²) in [6.07, 6.45) is 1.50. The number of rotatable bonds is 6. The maximum atomic E-state index is 12.7. The van der Waals surface area contributed by atoms with Crippen LogP contribution in [-0.4, -0.2) is 5.91 Å². The van der Waals surface area contributed by atoms with E-state index in [1.807, 2.05) is 69.3 Å². The number of carbonyl (C=O) groups is 1. The first-order chi connectivity index (χ1) is 14.9. The van der Waals surface area contributed by atoms with Crippen LogP contribution in [0.1, 0.15) is 27.8 Å². The minimum absolute atomic E-state index is 0.0386. The van der Waals surface area contributed by atoms with Gasteiger partial charge in [-0.25, -0.2) is 0 Å². The van der Waals surface area contributed by atoms with E-state index in [-0.39, 0.29) is 5.57 Å². The van der Waals surface area contributed by atoms with Crippen LogP contribution in [0.3, 0.4) is 0 Å². The Morgan fingerprint density at radius 1 is 1.10 bits per heavy atom. The molecule has 0 aliphatic carbocycles. The van der Waals surface area contributed by atoms with Crippen LogP contribution in [0.15, 0.2) is 66.2 Å². The fourth-order valence-electron chi connectivity index (χ4n) is 2.99. The largest absolute Gasteiger partial charge is 0.488 e.